The van der Waals surface area contributed by atoms with E-state index >= 15 is 0 Å². The summed E-state index contributed by atoms with van der Waals surface area (Å²) in [5, 5.41) is 0. The third-order valence-corrected chi connectivity index (χ3v) is 4.39. The molecule has 0 spiro atoms. The zero-order valence-corrected chi connectivity index (χ0v) is 12.1. The van der Waals surface area contributed by atoms with Gasteiger partial charge in [-0.1, -0.05) is 49.6 Å². The summed E-state index contributed by atoms with van der Waals surface area (Å²) in [7, 11) is 0. The van der Waals surface area contributed by atoms with Crippen LogP contribution in [0.5, 0.6) is 0 Å². The number of benzene rings is 1. The van der Waals surface area contributed by atoms with Crippen LogP contribution in [-0.2, 0) is 14.3 Å². The smallest absolute Gasteiger partial charge is 0.342 e. The zero-order valence-electron chi connectivity index (χ0n) is 12.1. The Balaban J connectivity index is 1.87. The largest absolute Gasteiger partial charge is 0.458 e. The molecule has 1 saturated heterocycles. The minimum absolute atomic E-state index is 0.0259. The predicted octanol–water partition coefficient (Wildman–Crippen LogP) is 3.53. The molecular formula is C18H20O3. The molecule has 2 aliphatic rings. The Morgan fingerprint density at radius 3 is 2.43 bits per heavy atom. The van der Waals surface area contributed by atoms with Crippen LogP contribution in [0.2, 0.25) is 0 Å². The van der Waals surface area contributed by atoms with E-state index in [0.29, 0.717) is 0 Å². The number of ether oxygens (including phenoxy) is 1. The molecule has 1 aliphatic carbocycles. The van der Waals surface area contributed by atoms with Crippen molar-refractivity contribution in [3.8, 4) is 0 Å². The second-order valence-electron chi connectivity index (χ2n) is 5.87. The summed E-state index contributed by atoms with van der Waals surface area (Å²) in [4.78, 5) is 24.8. The Morgan fingerprint density at radius 2 is 1.67 bits per heavy atom. The first kappa shape index (κ1) is 14.1. The maximum absolute atomic E-state index is 12.7. The predicted molar refractivity (Wildman–Crippen MR) is 80.5 cm³/mol. The Labute approximate surface area is 125 Å². The van der Waals surface area contributed by atoms with Gasteiger partial charge in [0.15, 0.2) is 5.78 Å². The number of hydrogen-bond acceptors (Lipinski definition) is 3. The minimum Gasteiger partial charge on any atom is -0.458 e. The molecule has 1 heterocycles. The van der Waals surface area contributed by atoms with Crippen molar-refractivity contribution in [1.29, 1.82) is 0 Å². The molecule has 0 aromatic heterocycles. The van der Waals surface area contributed by atoms with Crippen LogP contribution in [0.4, 0.5) is 0 Å². The van der Waals surface area contributed by atoms with Crippen LogP contribution in [0.25, 0.3) is 6.08 Å². The average molecular weight is 284 g/mol. The number of hydrogen-bond donors (Lipinski definition) is 0. The van der Waals surface area contributed by atoms with Gasteiger partial charge in [0, 0.05) is 0 Å². The SMILES string of the molecule is O=C1OC2CCCCCCC2C(=O)/C1=C/c1ccccc1. The molecule has 0 N–H and O–H groups in total. The molecule has 0 radical (unpaired) electrons. The number of carbonyl (C=O) groups is 2. The van der Waals surface area contributed by atoms with E-state index in [9.17, 15) is 9.59 Å². The molecule has 2 unspecified atom stereocenters. The molecule has 3 heteroatoms. The highest BCUT2D eigenvalue weighted by atomic mass is 16.5. The van der Waals surface area contributed by atoms with Gasteiger partial charge in [-0.3, -0.25) is 4.79 Å². The maximum atomic E-state index is 12.7. The molecule has 3 nitrogen and oxygen atoms in total. The van der Waals surface area contributed by atoms with E-state index in [4.69, 9.17) is 4.74 Å². The van der Waals surface area contributed by atoms with Gasteiger partial charge in [0.1, 0.15) is 11.7 Å². The lowest BCUT2D eigenvalue weighted by Crippen LogP contribution is -2.41. The molecule has 1 aliphatic heterocycles. The van der Waals surface area contributed by atoms with Crippen molar-refractivity contribution in [3.05, 3.63) is 41.5 Å². The normalized spacial score (nSPS) is 28.5. The Kier molecular flexibility index (Phi) is 4.18. The van der Waals surface area contributed by atoms with Crippen molar-refractivity contribution in [2.24, 2.45) is 5.92 Å². The van der Waals surface area contributed by atoms with E-state index in [1.54, 1.807) is 6.08 Å². The fraction of sp³-hybridized carbons (Fsp3) is 0.444. The summed E-state index contributed by atoms with van der Waals surface area (Å²) < 4.78 is 5.55. The second kappa shape index (κ2) is 6.25. The van der Waals surface area contributed by atoms with E-state index in [0.717, 1.165) is 31.2 Å². The molecule has 3 rings (SSSR count). The van der Waals surface area contributed by atoms with E-state index in [1.807, 2.05) is 30.3 Å². The van der Waals surface area contributed by atoms with Crippen molar-refractivity contribution in [2.45, 2.75) is 44.6 Å². The van der Waals surface area contributed by atoms with Gasteiger partial charge in [-0.15, -0.1) is 0 Å². The van der Waals surface area contributed by atoms with Gasteiger partial charge < -0.3 is 4.74 Å². The van der Waals surface area contributed by atoms with Crippen molar-refractivity contribution in [3.63, 3.8) is 0 Å². The first-order valence-electron chi connectivity index (χ1n) is 7.77. The van der Waals surface area contributed by atoms with E-state index in [2.05, 4.69) is 0 Å². The van der Waals surface area contributed by atoms with Gasteiger partial charge in [0.2, 0.25) is 0 Å². The summed E-state index contributed by atoms with van der Waals surface area (Å²) in [5.74, 6) is -0.620. The number of esters is 1. The highest BCUT2D eigenvalue weighted by Crippen LogP contribution is 2.32. The lowest BCUT2D eigenvalue weighted by atomic mass is 9.81. The van der Waals surface area contributed by atoms with Crippen LogP contribution in [0.3, 0.4) is 0 Å². The van der Waals surface area contributed by atoms with Gasteiger partial charge in [0.05, 0.1) is 5.92 Å². The number of rotatable bonds is 1. The van der Waals surface area contributed by atoms with Gasteiger partial charge in [-0.05, 0) is 30.9 Å². The average Bonchev–Trinajstić information content (AvgIpc) is 2.47. The second-order valence-corrected chi connectivity index (χ2v) is 5.87. The Hall–Kier alpha value is -1.90. The van der Waals surface area contributed by atoms with Crippen molar-refractivity contribution >= 4 is 17.8 Å². The number of ketones is 1. The molecule has 2 atom stereocenters. The quantitative estimate of drug-likeness (QED) is 0.450. The Bertz CT molecular complexity index is 559. The Morgan fingerprint density at radius 1 is 0.952 bits per heavy atom. The van der Waals surface area contributed by atoms with Crippen LogP contribution in [0.15, 0.2) is 35.9 Å². The van der Waals surface area contributed by atoms with Crippen LogP contribution < -0.4 is 0 Å². The highest BCUT2D eigenvalue weighted by molar-refractivity contribution is 6.22. The van der Waals surface area contributed by atoms with Crippen LogP contribution in [0, 0.1) is 5.92 Å². The molecule has 110 valence electrons. The lowest BCUT2D eigenvalue weighted by Gasteiger charge is -2.32. The topological polar surface area (TPSA) is 43.4 Å². The molecule has 1 aromatic rings. The minimum atomic E-state index is -0.453. The fourth-order valence-corrected chi connectivity index (χ4v) is 3.24. The molecule has 0 bridgehead atoms. The van der Waals surface area contributed by atoms with Crippen LogP contribution >= 0.6 is 0 Å². The van der Waals surface area contributed by atoms with Crippen molar-refractivity contribution in [2.75, 3.05) is 0 Å². The highest BCUT2D eigenvalue weighted by Gasteiger charge is 2.40. The number of Topliss-reactive ketones (excluding diaryl/α,β-unsaturated/α-hetero) is 1. The van der Waals surface area contributed by atoms with Crippen molar-refractivity contribution < 1.29 is 14.3 Å². The van der Waals surface area contributed by atoms with Gasteiger partial charge in [-0.25, -0.2) is 4.79 Å². The summed E-state index contributed by atoms with van der Waals surface area (Å²) in [6.45, 7) is 0. The summed E-state index contributed by atoms with van der Waals surface area (Å²) in [5.41, 5.74) is 1.07. The third kappa shape index (κ3) is 3.07. The van der Waals surface area contributed by atoms with Gasteiger partial charge in [-0.2, -0.15) is 0 Å². The summed E-state index contributed by atoms with van der Waals surface area (Å²) >= 11 is 0. The monoisotopic (exact) mass is 284 g/mol. The van der Waals surface area contributed by atoms with Crippen LogP contribution in [0.1, 0.15) is 44.1 Å². The molecule has 2 fully saturated rings. The van der Waals surface area contributed by atoms with E-state index < -0.39 is 5.97 Å². The van der Waals surface area contributed by atoms with Gasteiger partial charge >= 0.3 is 5.97 Å². The first-order valence-corrected chi connectivity index (χ1v) is 7.77. The first-order chi connectivity index (χ1) is 10.3. The lowest BCUT2D eigenvalue weighted by molar-refractivity contribution is -0.157. The molecule has 0 amide bonds. The zero-order chi connectivity index (χ0) is 14.7. The standard InChI is InChI=1S/C18H20O3/c19-17-14-10-6-1-2-7-11-16(14)21-18(20)15(17)12-13-8-4-3-5-9-13/h3-5,8-9,12,14,16H,1-2,6-7,10-11H2/b15-12-. The van der Waals surface area contributed by atoms with Crippen LogP contribution in [-0.4, -0.2) is 17.9 Å². The summed E-state index contributed by atoms with van der Waals surface area (Å²) in [6.07, 6.45) is 7.54. The molecule has 1 saturated carbocycles. The fourth-order valence-electron chi connectivity index (χ4n) is 3.24. The van der Waals surface area contributed by atoms with Crippen molar-refractivity contribution in [1.82, 2.24) is 0 Å². The molecule has 21 heavy (non-hydrogen) atoms. The molecular weight excluding hydrogens is 264 g/mol. The van der Waals surface area contributed by atoms with Gasteiger partial charge in [0.25, 0.3) is 0 Å². The molecule has 1 aromatic carbocycles. The van der Waals surface area contributed by atoms with E-state index in [-0.39, 0.29) is 23.4 Å². The number of carbonyl (C=O) groups excluding carboxylic acids is 2. The maximum Gasteiger partial charge on any atom is 0.342 e. The summed E-state index contributed by atoms with van der Waals surface area (Å²) in [6, 6.07) is 9.47. The van der Waals surface area contributed by atoms with E-state index in [1.165, 1.54) is 12.8 Å². The number of fused-ring (bicyclic) bond motifs is 1. The third-order valence-electron chi connectivity index (χ3n) is 4.39.